The zero-order valence-electron chi connectivity index (χ0n) is 13.6. The summed E-state index contributed by atoms with van der Waals surface area (Å²) in [7, 11) is 2.08. The van der Waals surface area contributed by atoms with E-state index in [1.54, 1.807) is 0 Å². The lowest BCUT2D eigenvalue weighted by atomic mass is 9.98. The third-order valence-corrected chi connectivity index (χ3v) is 5.11. The van der Waals surface area contributed by atoms with Crippen molar-refractivity contribution in [2.45, 2.75) is 57.2 Å². The van der Waals surface area contributed by atoms with Crippen molar-refractivity contribution in [3.05, 3.63) is 29.8 Å². The van der Waals surface area contributed by atoms with Crippen LogP contribution in [-0.4, -0.2) is 42.5 Å². The van der Waals surface area contributed by atoms with Crippen molar-refractivity contribution in [2.75, 3.05) is 18.9 Å². The number of carbonyl (C=O) groups is 1. The van der Waals surface area contributed by atoms with E-state index in [1.165, 1.54) is 31.2 Å². The Morgan fingerprint density at radius 3 is 2.45 bits per heavy atom. The number of fused-ring (bicyclic) bond motifs is 2. The zero-order chi connectivity index (χ0) is 15.5. The fourth-order valence-corrected chi connectivity index (χ4v) is 3.77. The SMILES string of the molecule is CCc1ccc(NC(=O)CN(C)C2CC3CCC(C2)N3)cc1. The third kappa shape index (κ3) is 3.68. The predicted octanol–water partition coefficient (Wildman–Crippen LogP) is 2.40. The highest BCUT2D eigenvalue weighted by Crippen LogP contribution is 2.29. The van der Waals surface area contributed by atoms with Crippen LogP contribution in [0, 0.1) is 0 Å². The molecule has 0 spiro atoms. The van der Waals surface area contributed by atoms with Crippen molar-refractivity contribution in [1.29, 1.82) is 0 Å². The maximum Gasteiger partial charge on any atom is 0.238 e. The number of nitrogens with one attached hydrogen (secondary N) is 2. The first kappa shape index (κ1) is 15.5. The van der Waals surface area contributed by atoms with Crippen LogP contribution in [-0.2, 0) is 11.2 Å². The van der Waals surface area contributed by atoms with E-state index in [1.807, 2.05) is 12.1 Å². The third-order valence-electron chi connectivity index (χ3n) is 5.11. The molecule has 2 fully saturated rings. The Balaban J connectivity index is 1.50. The summed E-state index contributed by atoms with van der Waals surface area (Å²) in [5, 5.41) is 6.66. The van der Waals surface area contributed by atoms with Crippen molar-refractivity contribution < 1.29 is 4.79 Å². The van der Waals surface area contributed by atoms with Crippen LogP contribution in [0.3, 0.4) is 0 Å². The van der Waals surface area contributed by atoms with Gasteiger partial charge in [0.2, 0.25) is 5.91 Å². The molecule has 0 radical (unpaired) electrons. The van der Waals surface area contributed by atoms with Gasteiger partial charge in [0.05, 0.1) is 6.54 Å². The monoisotopic (exact) mass is 301 g/mol. The number of hydrogen-bond acceptors (Lipinski definition) is 3. The quantitative estimate of drug-likeness (QED) is 0.878. The molecule has 4 heteroatoms. The fraction of sp³-hybridized carbons (Fsp3) is 0.611. The van der Waals surface area contributed by atoms with E-state index >= 15 is 0 Å². The number of anilines is 1. The topological polar surface area (TPSA) is 44.4 Å². The summed E-state index contributed by atoms with van der Waals surface area (Å²) in [5.41, 5.74) is 2.18. The second-order valence-corrected chi connectivity index (χ2v) is 6.78. The molecule has 2 saturated heterocycles. The predicted molar refractivity (Wildman–Crippen MR) is 90.0 cm³/mol. The number of nitrogens with zero attached hydrogens (tertiary/aromatic N) is 1. The van der Waals surface area contributed by atoms with Crippen LogP contribution in [0.4, 0.5) is 5.69 Å². The molecule has 1 amide bonds. The van der Waals surface area contributed by atoms with E-state index in [0.717, 1.165) is 12.1 Å². The Labute approximate surface area is 133 Å². The minimum Gasteiger partial charge on any atom is -0.325 e. The number of aryl methyl sites for hydroxylation is 1. The van der Waals surface area contributed by atoms with Gasteiger partial charge in [-0.1, -0.05) is 19.1 Å². The lowest BCUT2D eigenvalue weighted by molar-refractivity contribution is -0.117. The van der Waals surface area contributed by atoms with E-state index in [9.17, 15) is 4.79 Å². The molecule has 2 unspecified atom stereocenters. The van der Waals surface area contributed by atoms with Crippen LogP contribution in [0.2, 0.25) is 0 Å². The summed E-state index contributed by atoms with van der Waals surface area (Å²) >= 11 is 0. The summed E-state index contributed by atoms with van der Waals surface area (Å²) in [6, 6.07) is 9.98. The van der Waals surface area contributed by atoms with Gasteiger partial charge in [0, 0.05) is 23.8 Å². The highest BCUT2D eigenvalue weighted by atomic mass is 16.2. The smallest absolute Gasteiger partial charge is 0.238 e. The minimum absolute atomic E-state index is 0.0811. The first-order chi connectivity index (χ1) is 10.6. The highest BCUT2D eigenvalue weighted by molar-refractivity contribution is 5.92. The molecule has 120 valence electrons. The van der Waals surface area contributed by atoms with Gasteiger partial charge >= 0.3 is 0 Å². The van der Waals surface area contributed by atoms with Crippen LogP contribution in [0.25, 0.3) is 0 Å². The van der Waals surface area contributed by atoms with Crippen molar-refractivity contribution in [3.8, 4) is 0 Å². The fourth-order valence-electron chi connectivity index (χ4n) is 3.77. The molecule has 2 heterocycles. The summed E-state index contributed by atoms with van der Waals surface area (Å²) in [5.74, 6) is 0.0811. The number of amides is 1. The number of likely N-dealkylation sites (N-methyl/N-ethyl adjacent to an activating group) is 1. The van der Waals surface area contributed by atoms with Gasteiger partial charge in [0.1, 0.15) is 0 Å². The molecule has 2 N–H and O–H groups in total. The maximum absolute atomic E-state index is 12.2. The summed E-state index contributed by atoms with van der Waals surface area (Å²) in [6.07, 6.45) is 5.96. The molecule has 2 aliphatic heterocycles. The molecule has 0 saturated carbocycles. The Morgan fingerprint density at radius 2 is 1.86 bits per heavy atom. The molecule has 1 aromatic rings. The second kappa shape index (κ2) is 6.80. The number of rotatable bonds is 5. The first-order valence-corrected chi connectivity index (χ1v) is 8.49. The van der Waals surface area contributed by atoms with Gasteiger partial charge in [-0.15, -0.1) is 0 Å². The second-order valence-electron chi connectivity index (χ2n) is 6.78. The molecule has 2 bridgehead atoms. The van der Waals surface area contributed by atoms with Gasteiger partial charge in [0.25, 0.3) is 0 Å². The molecular weight excluding hydrogens is 274 g/mol. The van der Waals surface area contributed by atoms with Gasteiger partial charge in [-0.05, 0) is 56.8 Å². The van der Waals surface area contributed by atoms with Gasteiger partial charge in [-0.2, -0.15) is 0 Å². The van der Waals surface area contributed by atoms with Gasteiger partial charge in [-0.3, -0.25) is 9.69 Å². The van der Waals surface area contributed by atoms with E-state index in [4.69, 9.17) is 0 Å². The standard InChI is InChI=1S/C18H27N3O/c1-3-13-4-6-14(7-5-13)20-18(22)12-21(2)17-10-15-8-9-16(11-17)19-15/h4-7,15-17,19H,3,8-12H2,1-2H3,(H,20,22). The van der Waals surface area contributed by atoms with Crippen molar-refractivity contribution in [2.24, 2.45) is 0 Å². The average molecular weight is 301 g/mol. The number of piperidine rings is 1. The first-order valence-electron chi connectivity index (χ1n) is 8.49. The molecule has 22 heavy (non-hydrogen) atoms. The molecule has 0 aliphatic carbocycles. The van der Waals surface area contributed by atoms with Crippen molar-refractivity contribution >= 4 is 11.6 Å². The largest absolute Gasteiger partial charge is 0.325 e. The average Bonchev–Trinajstić information content (AvgIpc) is 2.86. The van der Waals surface area contributed by atoms with E-state index < -0.39 is 0 Å². The van der Waals surface area contributed by atoms with Gasteiger partial charge in [-0.25, -0.2) is 0 Å². The number of benzene rings is 1. The van der Waals surface area contributed by atoms with Crippen LogP contribution in [0.5, 0.6) is 0 Å². The molecule has 4 nitrogen and oxygen atoms in total. The minimum atomic E-state index is 0.0811. The number of carbonyl (C=O) groups excluding carboxylic acids is 1. The normalized spacial score (nSPS) is 27.1. The molecule has 1 aromatic carbocycles. The lowest BCUT2D eigenvalue weighted by Gasteiger charge is -2.35. The molecule has 0 aromatic heterocycles. The maximum atomic E-state index is 12.2. The van der Waals surface area contributed by atoms with Crippen LogP contribution in [0.1, 0.15) is 38.2 Å². The van der Waals surface area contributed by atoms with Crippen LogP contribution >= 0.6 is 0 Å². The van der Waals surface area contributed by atoms with Gasteiger partial charge < -0.3 is 10.6 Å². The molecule has 2 aliphatic rings. The van der Waals surface area contributed by atoms with E-state index in [0.29, 0.717) is 24.7 Å². The Morgan fingerprint density at radius 1 is 1.23 bits per heavy atom. The summed E-state index contributed by atoms with van der Waals surface area (Å²) in [6.45, 7) is 2.61. The van der Waals surface area contributed by atoms with Crippen LogP contribution in [0.15, 0.2) is 24.3 Å². The molecule has 3 rings (SSSR count). The Hall–Kier alpha value is -1.39. The Kier molecular flexibility index (Phi) is 4.79. The van der Waals surface area contributed by atoms with Crippen molar-refractivity contribution in [3.63, 3.8) is 0 Å². The van der Waals surface area contributed by atoms with E-state index in [2.05, 4.69) is 41.6 Å². The van der Waals surface area contributed by atoms with Gasteiger partial charge in [0.15, 0.2) is 0 Å². The molecule has 2 atom stereocenters. The van der Waals surface area contributed by atoms with Crippen LogP contribution < -0.4 is 10.6 Å². The number of hydrogen-bond donors (Lipinski definition) is 2. The molecular formula is C18H27N3O. The highest BCUT2D eigenvalue weighted by Gasteiger charge is 2.35. The lowest BCUT2D eigenvalue weighted by Crippen LogP contribution is -2.48. The zero-order valence-corrected chi connectivity index (χ0v) is 13.6. The van der Waals surface area contributed by atoms with Crippen molar-refractivity contribution in [1.82, 2.24) is 10.2 Å². The Bertz CT molecular complexity index is 502. The summed E-state index contributed by atoms with van der Waals surface area (Å²) < 4.78 is 0. The van der Waals surface area contributed by atoms with E-state index in [-0.39, 0.29) is 5.91 Å². The summed E-state index contributed by atoms with van der Waals surface area (Å²) in [4.78, 5) is 14.5.